The summed E-state index contributed by atoms with van der Waals surface area (Å²) in [6, 6.07) is 0. The first-order valence-electron chi connectivity index (χ1n) is 3.47. The molecular formula is C6H13BNO. The van der Waals surface area contributed by atoms with E-state index in [2.05, 4.69) is 16.1 Å². The minimum absolute atomic E-state index is 0.938. The fourth-order valence-corrected chi connectivity index (χ4v) is 1.02. The molecule has 0 N–H and O–H groups in total. The van der Waals surface area contributed by atoms with E-state index in [1.54, 1.807) is 0 Å². The van der Waals surface area contributed by atoms with E-state index in [-0.39, 0.29) is 0 Å². The van der Waals surface area contributed by atoms with E-state index in [4.69, 9.17) is 8.05 Å². The van der Waals surface area contributed by atoms with Crippen LogP contribution in [0.5, 0.6) is 0 Å². The summed E-state index contributed by atoms with van der Waals surface area (Å²) in [5, 5.41) is 0. The molecule has 1 aliphatic heterocycles. The van der Waals surface area contributed by atoms with Crippen molar-refractivity contribution in [3.8, 4) is 0 Å². The lowest BCUT2D eigenvalue weighted by Crippen LogP contribution is -2.40. The Morgan fingerprint density at radius 1 is 1.44 bits per heavy atom. The van der Waals surface area contributed by atoms with Gasteiger partial charge in [0.15, 0.2) is 0 Å². The Morgan fingerprint density at radius 2 is 2.00 bits per heavy atom. The van der Waals surface area contributed by atoms with Crippen LogP contribution in [0.3, 0.4) is 0 Å². The predicted molar refractivity (Wildman–Crippen MR) is 38.7 cm³/mol. The maximum absolute atomic E-state index is 5.47. The fourth-order valence-electron chi connectivity index (χ4n) is 1.02. The molecule has 1 rings (SSSR count). The fraction of sp³-hybridized carbons (Fsp3) is 1.00. The Morgan fingerprint density at radius 3 is 2.44 bits per heavy atom. The van der Waals surface area contributed by atoms with Gasteiger partial charge in [0.05, 0.1) is 13.1 Å². The van der Waals surface area contributed by atoms with E-state index < -0.39 is 0 Å². The average molecular weight is 126 g/mol. The molecule has 0 aromatic rings. The van der Waals surface area contributed by atoms with Crippen LogP contribution in [-0.2, 0) is 4.28 Å². The highest BCUT2D eigenvalue weighted by atomic mass is 16.6. The van der Waals surface area contributed by atoms with Crippen LogP contribution in [0, 0.1) is 0 Å². The molecule has 0 spiro atoms. The Labute approximate surface area is 57.9 Å². The Bertz CT molecular complexity index is 81.1. The third-order valence-corrected chi connectivity index (χ3v) is 1.79. The monoisotopic (exact) mass is 126 g/mol. The minimum atomic E-state index is 0.938. The van der Waals surface area contributed by atoms with E-state index in [1.807, 2.05) is 0 Å². The van der Waals surface area contributed by atoms with Gasteiger partial charge in [0, 0.05) is 0 Å². The molecule has 0 unspecified atom stereocenters. The van der Waals surface area contributed by atoms with Crippen molar-refractivity contribution in [2.24, 2.45) is 0 Å². The van der Waals surface area contributed by atoms with E-state index >= 15 is 0 Å². The number of likely N-dealkylation sites (N-methyl/N-ethyl adjacent to an activating group) is 1. The molecule has 1 heterocycles. The van der Waals surface area contributed by atoms with Crippen LogP contribution in [0.2, 0.25) is 0 Å². The predicted octanol–water partition coefficient (Wildman–Crippen LogP) is -0.0423. The van der Waals surface area contributed by atoms with Gasteiger partial charge in [0.2, 0.25) is 0 Å². The minimum Gasteiger partial charge on any atom is -0.732 e. The van der Waals surface area contributed by atoms with Gasteiger partial charge < -0.3 is 4.28 Å². The largest absolute Gasteiger partial charge is 0.732 e. The molecule has 0 aromatic carbocycles. The molecule has 1 aliphatic rings. The van der Waals surface area contributed by atoms with Crippen molar-refractivity contribution >= 4 is 8.05 Å². The second kappa shape index (κ2) is 3.23. The molecule has 3 heteroatoms. The lowest BCUT2D eigenvalue weighted by atomic mass is 10.4. The van der Waals surface area contributed by atoms with E-state index in [0.717, 1.165) is 32.8 Å². The van der Waals surface area contributed by atoms with Gasteiger partial charge in [-0.3, -0.25) is 4.90 Å². The van der Waals surface area contributed by atoms with Crippen LogP contribution < -0.4 is 0 Å². The number of hydrogen-bond donors (Lipinski definition) is 0. The van der Waals surface area contributed by atoms with Gasteiger partial charge in [0.25, 0.3) is 0 Å². The molecule has 0 aromatic heterocycles. The van der Waals surface area contributed by atoms with Crippen LogP contribution in [0.15, 0.2) is 0 Å². The zero-order valence-corrected chi connectivity index (χ0v) is 5.97. The van der Waals surface area contributed by atoms with Crippen molar-refractivity contribution in [2.75, 3.05) is 32.8 Å². The Balaban J connectivity index is 2.18. The molecule has 0 amide bonds. The first-order chi connectivity index (χ1) is 4.33. The number of morpholine rings is 1. The lowest BCUT2D eigenvalue weighted by molar-refractivity contribution is -0.0411. The summed E-state index contributed by atoms with van der Waals surface area (Å²) < 4.78 is 2.58. The summed E-state index contributed by atoms with van der Waals surface area (Å²) in [6.45, 7) is 7.39. The summed E-state index contributed by atoms with van der Waals surface area (Å²) >= 11 is 0. The standard InChI is InChI=1S/C6H13BNO/c1-2-8-3-5-9(7)6-4-8/h2-6H2,1H3. The molecule has 0 aliphatic carbocycles. The first-order valence-corrected chi connectivity index (χ1v) is 3.47. The highest BCUT2D eigenvalue weighted by molar-refractivity contribution is 5.99. The van der Waals surface area contributed by atoms with Crippen LogP contribution in [-0.4, -0.2) is 45.8 Å². The third kappa shape index (κ3) is 1.99. The highest BCUT2D eigenvalue weighted by Gasteiger charge is 2.09. The third-order valence-electron chi connectivity index (χ3n) is 1.79. The molecule has 1 fully saturated rings. The average Bonchev–Trinajstić information content (AvgIpc) is 1.90. The maximum atomic E-state index is 5.47. The molecular weight excluding hydrogens is 113 g/mol. The van der Waals surface area contributed by atoms with Crippen molar-refractivity contribution in [1.82, 2.24) is 4.90 Å². The second-order valence-corrected chi connectivity index (χ2v) is 2.38. The smallest absolute Gasteiger partial charge is 0.105 e. The van der Waals surface area contributed by atoms with Crippen molar-refractivity contribution in [3.05, 3.63) is 0 Å². The quantitative estimate of drug-likeness (QED) is 0.352. The topological polar surface area (TPSA) is 5.94 Å². The SMILES string of the molecule is [B-][O+]1CCN(CC)CC1. The van der Waals surface area contributed by atoms with Gasteiger partial charge in [0.1, 0.15) is 13.2 Å². The van der Waals surface area contributed by atoms with Gasteiger partial charge in [-0.05, 0) is 6.54 Å². The molecule has 0 atom stereocenters. The summed E-state index contributed by atoms with van der Waals surface area (Å²) in [4.78, 5) is 2.39. The summed E-state index contributed by atoms with van der Waals surface area (Å²) in [6.07, 6.45) is 0. The maximum Gasteiger partial charge on any atom is 0.105 e. The molecule has 9 heavy (non-hydrogen) atoms. The van der Waals surface area contributed by atoms with Crippen LogP contribution in [0.1, 0.15) is 6.92 Å². The second-order valence-electron chi connectivity index (χ2n) is 2.38. The van der Waals surface area contributed by atoms with Crippen molar-refractivity contribution in [1.29, 1.82) is 0 Å². The molecule has 1 saturated heterocycles. The van der Waals surface area contributed by atoms with E-state index in [9.17, 15) is 0 Å². The normalized spacial score (nSPS) is 24.7. The number of hydrogen-bond acceptors (Lipinski definition) is 1. The molecule has 0 bridgehead atoms. The lowest BCUT2D eigenvalue weighted by Gasteiger charge is -2.38. The van der Waals surface area contributed by atoms with Crippen LogP contribution >= 0.6 is 0 Å². The van der Waals surface area contributed by atoms with Gasteiger partial charge in [-0.1, -0.05) is 15.0 Å². The van der Waals surface area contributed by atoms with Crippen molar-refractivity contribution in [2.45, 2.75) is 6.92 Å². The molecule has 3 radical (unpaired) electrons. The zero-order valence-electron chi connectivity index (χ0n) is 5.97. The highest BCUT2D eigenvalue weighted by Crippen LogP contribution is 2.00. The first kappa shape index (κ1) is 7.10. The molecule has 2 nitrogen and oxygen atoms in total. The zero-order chi connectivity index (χ0) is 6.69. The van der Waals surface area contributed by atoms with Crippen molar-refractivity contribution in [3.63, 3.8) is 0 Å². The number of rotatable bonds is 1. The van der Waals surface area contributed by atoms with Gasteiger partial charge in [-0.25, -0.2) is 0 Å². The van der Waals surface area contributed by atoms with Crippen LogP contribution in [0.25, 0.3) is 0 Å². The van der Waals surface area contributed by atoms with E-state index in [0.29, 0.717) is 0 Å². The van der Waals surface area contributed by atoms with Gasteiger partial charge in [-0.2, -0.15) is 0 Å². The summed E-state index contributed by atoms with van der Waals surface area (Å²) in [7, 11) is 5.47. The van der Waals surface area contributed by atoms with Gasteiger partial charge in [-0.15, -0.1) is 0 Å². The summed E-state index contributed by atoms with van der Waals surface area (Å²) in [5.41, 5.74) is 0. The van der Waals surface area contributed by atoms with Crippen LogP contribution in [0.4, 0.5) is 0 Å². The Hall–Kier alpha value is -0.0151. The Kier molecular flexibility index (Phi) is 2.55. The van der Waals surface area contributed by atoms with E-state index in [1.165, 1.54) is 0 Å². The van der Waals surface area contributed by atoms with Crippen molar-refractivity contribution < 1.29 is 4.28 Å². The summed E-state index contributed by atoms with van der Waals surface area (Å²) in [5.74, 6) is 0. The molecule has 0 saturated carbocycles. The molecule has 51 valence electrons. The van der Waals surface area contributed by atoms with Gasteiger partial charge >= 0.3 is 0 Å². The number of nitrogens with zero attached hydrogens (tertiary/aromatic N) is 1.